The van der Waals surface area contributed by atoms with Gasteiger partial charge in [0.1, 0.15) is 10.6 Å². The van der Waals surface area contributed by atoms with Crippen molar-refractivity contribution in [3.05, 3.63) is 28.5 Å². The van der Waals surface area contributed by atoms with Gasteiger partial charge in [0.2, 0.25) is 0 Å². The monoisotopic (exact) mass is 290 g/mol. The van der Waals surface area contributed by atoms with Gasteiger partial charge in [-0.1, -0.05) is 12.8 Å². The van der Waals surface area contributed by atoms with E-state index in [9.17, 15) is 4.79 Å². The first-order valence-corrected chi connectivity index (χ1v) is 7.80. The maximum Gasteiger partial charge on any atom is 0.263 e. The highest BCUT2D eigenvalue weighted by atomic mass is 32.1. The second kappa shape index (κ2) is 5.40. The van der Waals surface area contributed by atoms with Gasteiger partial charge in [-0.2, -0.15) is 0 Å². The van der Waals surface area contributed by atoms with Gasteiger partial charge in [0.05, 0.1) is 5.69 Å². The molecule has 4 nitrogen and oxygen atoms in total. The smallest absolute Gasteiger partial charge is 0.263 e. The van der Waals surface area contributed by atoms with Crippen molar-refractivity contribution in [3.8, 4) is 10.8 Å². The van der Waals surface area contributed by atoms with Crippen LogP contribution in [0, 0.1) is 13.8 Å². The number of nitrogens with one attached hydrogen (secondary N) is 1. The minimum Gasteiger partial charge on any atom is -0.459 e. The van der Waals surface area contributed by atoms with E-state index in [2.05, 4.69) is 10.3 Å². The molecule has 0 spiro atoms. The van der Waals surface area contributed by atoms with Crippen molar-refractivity contribution in [2.45, 2.75) is 45.6 Å². The lowest BCUT2D eigenvalue weighted by Gasteiger charge is -2.10. The molecule has 3 rings (SSSR count). The number of amides is 1. The zero-order valence-corrected chi connectivity index (χ0v) is 12.5. The number of furan rings is 1. The van der Waals surface area contributed by atoms with Crippen molar-refractivity contribution in [1.29, 1.82) is 0 Å². The Morgan fingerprint density at radius 1 is 1.35 bits per heavy atom. The molecule has 2 aromatic rings. The standard InChI is InChI=1S/C15H18N2O2S/c1-9-7-8-12(19-9)15-16-10(2)13(20-15)14(18)17-11-5-3-4-6-11/h7-8,11H,3-6H2,1-2H3,(H,17,18). The van der Waals surface area contributed by atoms with Gasteiger partial charge in [0.15, 0.2) is 10.8 Å². The van der Waals surface area contributed by atoms with Crippen molar-refractivity contribution in [3.63, 3.8) is 0 Å². The van der Waals surface area contributed by atoms with Gasteiger partial charge in [-0.3, -0.25) is 4.79 Å². The average molecular weight is 290 g/mol. The number of nitrogens with zero attached hydrogens (tertiary/aromatic N) is 1. The summed E-state index contributed by atoms with van der Waals surface area (Å²) in [5, 5.41) is 3.88. The molecular formula is C15H18N2O2S. The van der Waals surface area contributed by atoms with E-state index in [1.54, 1.807) is 0 Å². The number of carbonyl (C=O) groups excluding carboxylic acids is 1. The van der Waals surface area contributed by atoms with E-state index >= 15 is 0 Å². The van der Waals surface area contributed by atoms with Crippen LogP contribution < -0.4 is 5.32 Å². The van der Waals surface area contributed by atoms with Crippen molar-refractivity contribution >= 4 is 17.2 Å². The lowest BCUT2D eigenvalue weighted by molar-refractivity contribution is 0.0941. The van der Waals surface area contributed by atoms with E-state index in [-0.39, 0.29) is 5.91 Å². The summed E-state index contributed by atoms with van der Waals surface area (Å²) in [4.78, 5) is 17.4. The van der Waals surface area contributed by atoms with E-state index in [0.29, 0.717) is 10.9 Å². The van der Waals surface area contributed by atoms with Crippen LogP contribution in [0.2, 0.25) is 0 Å². The molecule has 1 aliphatic carbocycles. The summed E-state index contributed by atoms with van der Waals surface area (Å²) >= 11 is 1.40. The van der Waals surface area contributed by atoms with Crippen LogP contribution in [0.1, 0.15) is 46.8 Å². The first-order valence-electron chi connectivity index (χ1n) is 6.98. The summed E-state index contributed by atoms with van der Waals surface area (Å²) in [7, 11) is 0. The second-order valence-corrected chi connectivity index (χ2v) is 6.30. The molecule has 2 aromatic heterocycles. The number of thiazole rings is 1. The van der Waals surface area contributed by atoms with Gasteiger partial charge in [-0.25, -0.2) is 4.98 Å². The lowest BCUT2D eigenvalue weighted by Crippen LogP contribution is -2.32. The Bertz CT molecular complexity index is 624. The summed E-state index contributed by atoms with van der Waals surface area (Å²) in [6, 6.07) is 4.13. The molecule has 0 bridgehead atoms. The van der Waals surface area contributed by atoms with E-state index in [0.717, 1.165) is 35.1 Å². The Balaban J connectivity index is 1.79. The number of carbonyl (C=O) groups is 1. The van der Waals surface area contributed by atoms with Crippen molar-refractivity contribution in [2.75, 3.05) is 0 Å². The van der Waals surface area contributed by atoms with Crippen LogP contribution in [0.3, 0.4) is 0 Å². The molecule has 5 heteroatoms. The zero-order chi connectivity index (χ0) is 14.1. The maximum atomic E-state index is 12.3. The van der Waals surface area contributed by atoms with Crippen LogP contribution in [0.5, 0.6) is 0 Å². The Kier molecular flexibility index (Phi) is 3.61. The van der Waals surface area contributed by atoms with Crippen molar-refractivity contribution in [2.24, 2.45) is 0 Å². The van der Waals surface area contributed by atoms with E-state index < -0.39 is 0 Å². The molecule has 1 saturated carbocycles. The van der Waals surface area contributed by atoms with Gasteiger partial charge in [0, 0.05) is 6.04 Å². The molecule has 1 N–H and O–H groups in total. The summed E-state index contributed by atoms with van der Waals surface area (Å²) in [5.41, 5.74) is 0.773. The highest BCUT2D eigenvalue weighted by Crippen LogP contribution is 2.29. The second-order valence-electron chi connectivity index (χ2n) is 5.30. The molecule has 20 heavy (non-hydrogen) atoms. The molecular weight excluding hydrogens is 272 g/mol. The van der Waals surface area contributed by atoms with Crippen LogP contribution in [0.4, 0.5) is 0 Å². The minimum atomic E-state index is 0.00132. The third-order valence-electron chi connectivity index (χ3n) is 3.64. The fourth-order valence-electron chi connectivity index (χ4n) is 2.58. The Labute approximate surface area is 122 Å². The SMILES string of the molecule is Cc1ccc(-c2nc(C)c(C(=O)NC3CCCC3)s2)o1. The first kappa shape index (κ1) is 13.4. The highest BCUT2D eigenvalue weighted by molar-refractivity contribution is 7.17. The summed E-state index contributed by atoms with van der Waals surface area (Å²) in [5.74, 6) is 1.58. The first-order chi connectivity index (χ1) is 9.63. The predicted molar refractivity (Wildman–Crippen MR) is 79.0 cm³/mol. The van der Waals surface area contributed by atoms with E-state index in [1.165, 1.54) is 24.2 Å². The van der Waals surface area contributed by atoms with Crippen LogP contribution in [-0.4, -0.2) is 16.9 Å². The van der Waals surface area contributed by atoms with Crippen molar-refractivity contribution in [1.82, 2.24) is 10.3 Å². The van der Waals surface area contributed by atoms with Crippen LogP contribution >= 0.6 is 11.3 Å². The maximum absolute atomic E-state index is 12.3. The molecule has 106 valence electrons. The molecule has 0 radical (unpaired) electrons. The number of rotatable bonds is 3. The normalized spacial score (nSPS) is 15.7. The molecule has 0 aromatic carbocycles. The molecule has 1 aliphatic rings. The van der Waals surface area contributed by atoms with Gasteiger partial charge in [0.25, 0.3) is 5.91 Å². The van der Waals surface area contributed by atoms with Gasteiger partial charge in [-0.05, 0) is 38.8 Å². The molecule has 0 atom stereocenters. The average Bonchev–Trinajstić information content (AvgIpc) is 3.10. The van der Waals surface area contributed by atoms with Gasteiger partial charge < -0.3 is 9.73 Å². The molecule has 0 saturated heterocycles. The highest BCUT2D eigenvalue weighted by Gasteiger charge is 2.22. The summed E-state index contributed by atoms with van der Waals surface area (Å²) in [6.07, 6.45) is 4.61. The van der Waals surface area contributed by atoms with Gasteiger partial charge >= 0.3 is 0 Å². The van der Waals surface area contributed by atoms with Crippen LogP contribution in [0.25, 0.3) is 10.8 Å². The fourth-order valence-corrected chi connectivity index (χ4v) is 3.51. The van der Waals surface area contributed by atoms with E-state index in [4.69, 9.17) is 4.42 Å². The Morgan fingerprint density at radius 3 is 2.75 bits per heavy atom. The topological polar surface area (TPSA) is 55.1 Å². The van der Waals surface area contributed by atoms with Crippen LogP contribution in [0.15, 0.2) is 16.5 Å². The minimum absolute atomic E-state index is 0.00132. The molecule has 0 aliphatic heterocycles. The number of aromatic nitrogens is 1. The summed E-state index contributed by atoms with van der Waals surface area (Å²) in [6.45, 7) is 3.77. The van der Waals surface area contributed by atoms with Crippen molar-refractivity contribution < 1.29 is 9.21 Å². The van der Waals surface area contributed by atoms with Crippen LogP contribution in [-0.2, 0) is 0 Å². The molecule has 1 fully saturated rings. The number of aryl methyl sites for hydroxylation is 2. The number of hydrogen-bond acceptors (Lipinski definition) is 4. The Morgan fingerprint density at radius 2 is 2.10 bits per heavy atom. The summed E-state index contributed by atoms with van der Waals surface area (Å²) < 4.78 is 5.57. The lowest BCUT2D eigenvalue weighted by atomic mass is 10.2. The molecule has 0 unspecified atom stereocenters. The quantitative estimate of drug-likeness (QED) is 0.938. The third kappa shape index (κ3) is 2.63. The zero-order valence-electron chi connectivity index (χ0n) is 11.7. The molecule has 1 amide bonds. The van der Waals surface area contributed by atoms with E-state index in [1.807, 2.05) is 26.0 Å². The van der Waals surface area contributed by atoms with Gasteiger partial charge in [-0.15, -0.1) is 11.3 Å². The Hall–Kier alpha value is -1.62. The predicted octanol–water partition coefficient (Wildman–Crippen LogP) is 3.69. The largest absolute Gasteiger partial charge is 0.459 e. The molecule has 2 heterocycles. The number of hydrogen-bond donors (Lipinski definition) is 1. The fraction of sp³-hybridized carbons (Fsp3) is 0.467. The third-order valence-corrected chi connectivity index (χ3v) is 4.82.